The third-order valence-electron chi connectivity index (χ3n) is 3.30. The standard InChI is InChI=1S/C14H21NO2Si/c1-18(2,3)13-6-4-12(5-7-13)14(16)15-8-10-17-11-9-15/h4-7H,8-11H2,1-3H3. The predicted molar refractivity (Wildman–Crippen MR) is 76.1 cm³/mol. The van der Waals surface area contributed by atoms with Crippen LogP contribution in [0.5, 0.6) is 0 Å². The van der Waals surface area contributed by atoms with Gasteiger partial charge in [0.1, 0.15) is 0 Å². The lowest BCUT2D eigenvalue weighted by atomic mass is 10.2. The fourth-order valence-electron chi connectivity index (χ4n) is 2.06. The summed E-state index contributed by atoms with van der Waals surface area (Å²) in [7, 11) is -1.28. The number of ether oxygens (including phenoxy) is 1. The van der Waals surface area contributed by atoms with Gasteiger partial charge in [0.15, 0.2) is 0 Å². The predicted octanol–water partition coefficient (Wildman–Crippen LogP) is 1.70. The van der Waals surface area contributed by atoms with Crippen LogP contribution in [0.25, 0.3) is 0 Å². The van der Waals surface area contributed by atoms with Crippen molar-refractivity contribution in [2.24, 2.45) is 0 Å². The van der Waals surface area contributed by atoms with E-state index in [-0.39, 0.29) is 5.91 Å². The molecule has 0 aromatic heterocycles. The molecule has 0 spiro atoms. The lowest BCUT2D eigenvalue weighted by Gasteiger charge is -2.27. The number of hydrogen-bond donors (Lipinski definition) is 0. The van der Waals surface area contributed by atoms with Crippen molar-refractivity contribution in [2.75, 3.05) is 26.3 Å². The third kappa shape index (κ3) is 3.00. The molecule has 1 aliphatic heterocycles. The van der Waals surface area contributed by atoms with Gasteiger partial charge in [0.25, 0.3) is 5.91 Å². The summed E-state index contributed by atoms with van der Waals surface area (Å²) < 4.78 is 5.26. The van der Waals surface area contributed by atoms with Gasteiger partial charge < -0.3 is 9.64 Å². The van der Waals surface area contributed by atoms with E-state index in [1.54, 1.807) is 0 Å². The third-order valence-corrected chi connectivity index (χ3v) is 5.36. The van der Waals surface area contributed by atoms with Gasteiger partial charge in [-0.05, 0) is 12.1 Å². The molecule has 0 unspecified atom stereocenters. The summed E-state index contributed by atoms with van der Waals surface area (Å²) in [6.07, 6.45) is 0. The Morgan fingerprint density at radius 2 is 1.67 bits per heavy atom. The molecule has 1 fully saturated rings. The van der Waals surface area contributed by atoms with Crippen LogP contribution in [-0.2, 0) is 4.74 Å². The molecule has 0 aliphatic carbocycles. The van der Waals surface area contributed by atoms with Gasteiger partial charge >= 0.3 is 0 Å². The van der Waals surface area contributed by atoms with E-state index in [4.69, 9.17) is 4.74 Å². The van der Waals surface area contributed by atoms with Gasteiger partial charge in [-0.25, -0.2) is 0 Å². The number of morpholine rings is 1. The summed E-state index contributed by atoms with van der Waals surface area (Å²) in [5.74, 6) is 0.125. The summed E-state index contributed by atoms with van der Waals surface area (Å²) in [6.45, 7) is 9.64. The van der Waals surface area contributed by atoms with Crippen molar-refractivity contribution in [1.29, 1.82) is 0 Å². The van der Waals surface area contributed by atoms with Gasteiger partial charge in [-0.3, -0.25) is 4.79 Å². The van der Waals surface area contributed by atoms with E-state index in [0.717, 1.165) is 5.56 Å². The maximum atomic E-state index is 12.2. The van der Waals surface area contributed by atoms with Crippen LogP contribution in [-0.4, -0.2) is 45.2 Å². The van der Waals surface area contributed by atoms with Crippen LogP contribution < -0.4 is 5.19 Å². The average Bonchev–Trinajstić information content (AvgIpc) is 2.38. The molecule has 0 radical (unpaired) electrons. The highest BCUT2D eigenvalue weighted by molar-refractivity contribution is 6.88. The number of carbonyl (C=O) groups is 1. The lowest BCUT2D eigenvalue weighted by Crippen LogP contribution is -2.41. The van der Waals surface area contributed by atoms with Crippen molar-refractivity contribution in [1.82, 2.24) is 4.90 Å². The van der Waals surface area contributed by atoms with Crippen molar-refractivity contribution in [3.05, 3.63) is 29.8 Å². The van der Waals surface area contributed by atoms with Gasteiger partial charge in [0.05, 0.1) is 21.3 Å². The van der Waals surface area contributed by atoms with E-state index in [1.165, 1.54) is 5.19 Å². The minimum Gasteiger partial charge on any atom is -0.378 e. The van der Waals surface area contributed by atoms with Crippen LogP contribution in [0.1, 0.15) is 10.4 Å². The molecule has 1 heterocycles. The molecule has 18 heavy (non-hydrogen) atoms. The number of nitrogens with zero attached hydrogens (tertiary/aromatic N) is 1. The Labute approximate surface area is 110 Å². The zero-order chi connectivity index (χ0) is 13.2. The van der Waals surface area contributed by atoms with Crippen molar-refractivity contribution < 1.29 is 9.53 Å². The van der Waals surface area contributed by atoms with Crippen molar-refractivity contribution in [3.63, 3.8) is 0 Å². The first-order valence-corrected chi connectivity index (χ1v) is 9.96. The maximum absolute atomic E-state index is 12.2. The molecule has 0 saturated carbocycles. The first kappa shape index (κ1) is 13.3. The summed E-state index contributed by atoms with van der Waals surface area (Å²) in [6, 6.07) is 8.15. The molecule has 0 N–H and O–H groups in total. The fourth-order valence-corrected chi connectivity index (χ4v) is 3.23. The van der Waals surface area contributed by atoms with Crippen LogP contribution in [0.4, 0.5) is 0 Å². The Kier molecular flexibility index (Phi) is 3.87. The summed E-state index contributed by atoms with van der Waals surface area (Å²) in [5, 5.41) is 1.39. The van der Waals surface area contributed by atoms with Crippen LogP contribution in [0.3, 0.4) is 0 Å². The van der Waals surface area contributed by atoms with Gasteiger partial charge in [-0.2, -0.15) is 0 Å². The lowest BCUT2D eigenvalue weighted by molar-refractivity contribution is 0.0303. The van der Waals surface area contributed by atoms with Gasteiger partial charge in [-0.15, -0.1) is 0 Å². The molecule has 1 aromatic rings. The minimum atomic E-state index is -1.28. The van der Waals surface area contributed by atoms with Crippen LogP contribution in [0.2, 0.25) is 19.6 Å². The molecule has 2 rings (SSSR count). The van der Waals surface area contributed by atoms with E-state index in [0.29, 0.717) is 26.3 Å². The molecular formula is C14H21NO2Si. The van der Waals surface area contributed by atoms with Crippen molar-refractivity contribution in [3.8, 4) is 0 Å². The zero-order valence-electron chi connectivity index (χ0n) is 11.4. The SMILES string of the molecule is C[Si](C)(C)c1ccc(C(=O)N2CCOCC2)cc1. The maximum Gasteiger partial charge on any atom is 0.254 e. The highest BCUT2D eigenvalue weighted by atomic mass is 28.3. The average molecular weight is 263 g/mol. The van der Waals surface area contributed by atoms with Crippen LogP contribution in [0, 0.1) is 0 Å². The van der Waals surface area contributed by atoms with E-state index >= 15 is 0 Å². The van der Waals surface area contributed by atoms with Crippen LogP contribution in [0.15, 0.2) is 24.3 Å². The Bertz CT molecular complexity index is 416. The Balaban J connectivity index is 2.11. The quantitative estimate of drug-likeness (QED) is 0.760. The molecule has 1 amide bonds. The first-order chi connectivity index (χ1) is 8.48. The second-order valence-electron chi connectivity index (χ2n) is 5.73. The van der Waals surface area contributed by atoms with Crippen molar-refractivity contribution >= 4 is 19.2 Å². The minimum absolute atomic E-state index is 0.125. The molecule has 1 aliphatic rings. The number of hydrogen-bond acceptors (Lipinski definition) is 2. The van der Waals surface area contributed by atoms with Gasteiger partial charge in [0, 0.05) is 18.7 Å². The monoisotopic (exact) mass is 263 g/mol. The second kappa shape index (κ2) is 5.24. The Hall–Kier alpha value is -1.13. The van der Waals surface area contributed by atoms with Crippen molar-refractivity contribution in [2.45, 2.75) is 19.6 Å². The smallest absolute Gasteiger partial charge is 0.254 e. The zero-order valence-corrected chi connectivity index (χ0v) is 12.4. The van der Waals surface area contributed by atoms with Crippen LogP contribution >= 0.6 is 0 Å². The molecule has 1 aromatic carbocycles. The van der Waals surface area contributed by atoms with E-state index in [1.807, 2.05) is 17.0 Å². The summed E-state index contributed by atoms with van der Waals surface area (Å²) >= 11 is 0. The molecule has 0 bridgehead atoms. The molecule has 3 nitrogen and oxygen atoms in total. The molecule has 98 valence electrons. The van der Waals surface area contributed by atoms with E-state index < -0.39 is 8.07 Å². The number of amides is 1. The largest absolute Gasteiger partial charge is 0.378 e. The highest BCUT2D eigenvalue weighted by Crippen LogP contribution is 2.08. The summed E-state index contributed by atoms with van der Waals surface area (Å²) in [5.41, 5.74) is 0.791. The number of carbonyl (C=O) groups excluding carboxylic acids is 1. The molecule has 4 heteroatoms. The van der Waals surface area contributed by atoms with E-state index in [2.05, 4.69) is 31.8 Å². The Morgan fingerprint density at radius 1 is 1.11 bits per heavy atom. The van der Waals surface area contributed by atoms with E-state index in [9.17, 15) is 4.79 Å². The fraction of sp³-hybridized carbons (Fsp3) is 0.500. The summed E-state index contributed by atoms with van der Waals surface area (Å²) in [4.78, 5) is 14.1. The Morgan fingerprint density at radius 3 is 2.17 bits per heavy atom. The molecule has 1 saturated heterocycles. The number of rotatable bonds is 2. The number of benzene rings is 1. The first-order valence-electron chi connectivity index (χ1n) is 6.46. The highest BCUT2D eigenvalue weighted by Gasteiger charge is 2.20. The molecule has 0 atom stereocenters. The van der Waals surface area contributed by atoms with Gasteiger partial charge in [-0.1, -0.05) is 37.0 Å². The normalized spacial score (nSPS) is 16.7. The van der Waals surface area contributed by atoms with Gasteiger partial charge in [0.2, 0.25) is 0 Å². The topological polar surface area (TPSA) is 29.5 Å². The second-order valence-corrected chi connectivity index (χ2v) is 10.8. The molecular weight excluding hydrogens is 242 g/mol.